The third kappa shape index (κ3) is 2.83. The molecule has 1 aliphatic heterocycles. The van der Waals surface area contributed by atoms with Gasteiger partial charge in [-0.1, -0.05) is 72.8 Å². The van der Waals surface area contributed by atoms with E-state index in [4.69, 9.17) is 14.7 Å². The van der Waals surface area contributed by atoms with Crippen LogP contribution in [0.3, 0.4) is 0 Å². The monoisotopic (exact) mass is 392 g/mol. The van der Waals surface area contributed by atoms with Gasteiger partial charge in [-0.05, 0) is 23.3 Å². The van der Waals surface area contributed by atoms with Crippen molar-refractivity contribution in [3.8, 4) is 5.75 Å². The second-order valence-corrected chi connectivity index (χ2v) is 6.98. The number of benzene rings is 3. The van der Waals surface area contributed by atoms with Gasteiger partial charge in [-0.2, -0.15) is 0 Å². The summed E-state index contributed by atoms with van der Waals surface area (Å²) >= 11 is 0. The van der Waals surface area contributed by atoms with Gasteiger partial charge in [0.2, 0.25) is 0 Å². The Morgan fingerprint density at radius 3 is 2.03 bits per heavy atom. The van der Waals surface area contributed by atoms with Crippen LogP contribution in [0, 0.1) is 0 Å². The Hall–Kier alpha value is -3.99. The summed E-state index contributed by atoms with van der Waals surface area (Å²) in [5.41, 5.74) is 2.95. The van der Waals surface area contributed by atoms with E-state index in [1.165, 1.54) is 0 Å². The molecule has 0 aliphatic carbocycles. The number of aliphatic imine (C=N–C) groups is 2. The van der Waals surface area contributed by atoms with Crippen LogP contribution in [0.15, 0.2) is 107 Å². The van der Waals surface area contributed by atoms with E-state index in [1.807, 2.05) is 60.7 Å². The zero-order valence-electron chi connectivity index (χ0n) is 16.5. The third-order valence-electron chi connectivity index (χ3n) is 5.29. The largest absolute Gasteiger partial charge is 0.496 e. The van der Waals surface area contributed by atoms with Crippen LogP contribution >= 0.6 is 0 Å². The number of aromatic nitrogens is 2. The summed E-state index contributed by atoms with van der Waals surface area (Å²) in [6, 6.07) is 28.4. The van der Waals surface area contributed by atoms with Crippen molar-refractivity contribution in [3.05, 3.63) is 120 Å². The van der Waals surface area contributed by atoms with Gasteiger partial charge in [-0.3, -0.25) is 0 Å². The highest BCUT2D eigenvalue weighted by atomic mass is 16.5. The summed E-state index contributed by atoms with van der Waals surface area (Å²) in [5, 5.41) is 0. The normalized spacial score (nSPS) is 14.8. The number of rotatable bonds is 5. The van der Waals surface area contributed by atoms with Crippen molar-refractivity contribution in [3.63, 3.8) is 0 Å². The van der Waals surface area contributed by atoms with Crippen molar-refractivity contribution < 1.29 is 4.74 Å². The Morgan fingerprint density at radius 2 is 1.43 bits per heavy atom. The summed E-state index contributed by atoms with van der Waals surface area (Å²) in [7, 11) is 1.68. The van der Waals surface area contributed by atoms with Crippen molar-refractivity contribution in [2.75, 3.05) is 7.11 Å². The van der Waals surface area contributed by atoms with Gasteiger partial charge in [0, 0.05) is 18.0 Å². The first kappa shape index (κ1) is 18.1. The van der Waals surface area contributed by atoms with E-state index in [1.54, 1.807) is 19.5 Å². The molecule has 0 atom stereocenters. The average Bonchev–Trinajstić information content (AvgIpc) is 3.49. The fraction of sp³-hybridized carbons (Fsp3) is 0.0800. The molecule has 5 heteroatoms. The molecule has 0 radical (unpaired) electrons. The van der Waals surface area contributed by atoms with Gasteiger partial charge < -0.3 is 9.72 Å². The fourth-order valence-electron chi connectivity index (χ4n) is 3.94. The smallest absolute Gasteiger partial charge is 0.193 e. The summed E-state index contributed by atoms with van der Waals surface area (Å²) in [6.07, 6.45) is 3.49. The van der Waals surface area contributed by atoms with Crippen LogP contribution in [-0.4, -0.2) is 28.6 Å². The van der Waals surface area contributed by atoms with Crippen LogP contribution in [0.1, 0.15) is 22.5 Å². The number of imidazole rings is 1. The highest BCUT2D eigenvalue weighted by Crippen LogP contribution is 2.43. The number of para-hydroxylation sites is 1. The standard InChI is InChI=1S/C25H20N4O/c1-30-21-15-9-8-14-20(21)22-25(18-10-4-2-5-11-18,19-12-6-3-7-13-19)29-24(28-22)23-26-16-17-27-23/h2-17H,1H3,(H,26,27). The molecule has 4 aromatic rings. The number of nitrogens with one attached hydrogen (secondary N) is 1. The molecule has 0 saturated heterocycles. The molecule has 3 aromatic carbocycles. The van der Waals surface area contributed by atoms with E-state index in [-0.39, 0.29) is 0 Å². The molecule has 0 fully saturated rings. The van der Waals surface area contributed by atoms with Crippen LogP contribution in [0.25, 0.3) is 0 Å². The first-order valence-electron chi connectivity index (χ1n) is 9.76. The highest BCUT2D eigenvalue weighted by molar-refractivity contribution is 6.22. The first-order chi connectivity index (χ1) is 14.8. The number of amidine groups is 1. The lowest BCUT2D eigenvalue weighted by Gasteiger charge is -2.30. The summed E-state index contributed by atoms with van der Waals surface area (Å²) in [6.45, 7) is 0. The Balaban J connectivity index is 1.85. The van der Waals surface area contributed by atoms with Crippen molar-refractivity contribution in [2.45, 2.75) is 5.54 Å². The maximum Gasteiger partial charge on any atom is 0.193 e. The predicted molar refractivity (Wildman–Crippen MR) is 118 cm³/mol. The minimum atomic E-state index is -0.820. The Kier molecular flexibility index (Phi) is 4.48. The van der Waals surface area contributed by atoms with E-state index in [9.17, 15) is 0 Å². The third-order valence-corrected chi connectivity index (χ3v) is 5.29. The highest BCUT2D eigenvalue weighted by Gasteiger charge is 2.45. The molecule has 30 heavy (non-hydrogen) atoms. The fourth-order valence-corrected chi connectivity index (χ4v) is 3.94. The van der Waals surface area contributed by atoms with Gasteiger partial charge >= 0.3 is 0 Å². The van der Waals surface area contributed by atoms with Crippen LogP contribution in [0.4, 0.5) is 0 Å². The molecule has 0 amide bonds. The van der Waals surface area contributed by atoms with Gasteiger partial charge in [-0.25, -0.2) is 15.0 Å². The molecule has 0 spiro atoms. The second kappa shape index (κ2) is 7.44. The second-order valence-electron chi connectivity index (χ2n) is 6.98. The van der Waals surface area contributed by atoms with Gasteiger partial charge in [0.25, 0.3) is 0 Å². The molecule has 5 rings (SSSR count). The van der Waals surface area contributed by atoms with Crippen LogP contribution in [0.2, 0.25) is 0 Å². The summed E-state index contributed by atoms with van der Waals surface area (Å²) < 4.78 is 5.69. The molecule has 1 aromatic heterocycles. The summed E-state index contributed by atoms with van der Waals surface area (Å²) in [5.74, 6) is 1.95. The lowest BCUT2D eigenvalue weighted by atomic mass is 9.77. The molecule has 0 saturated carbocycles. The van der Waals surface area contributed by atoms with Crippen molar-refractivity contribution in [1.82, 2.24) is 9.97 Å². The zero-order chi connectivity index (χ0) is 20.4. The molecule has 146 valence electrons. The van der Waals surface area contributed by atoms with Gasteiger partial charge in [-0.15, -0.1) is 0 Å². The lowest BCUT2D eigenvalue weighted by Crippen LogP contribution is -2.34. The molecular formula is C25H20N4O. The Bertz CT molecular complexity index is 1170. The maximum absolute atomic E-state index is 5.69. The van der Waals surface area contributed by atoms with E-state index >= 15 is 0 Å². The molecular weight excluding hydrogens is 372 g/mol. The molecule has 0 unspecified atom stereocenters. The van der Waals surface area contributed by atoms with Crippen LogP contribution in [-0.2, 0) is 5.54 Å². The Labute approximate surface area is 174 Å². The van der Waals surface area contributed by atoms with Gasteiger partial charge in [0.05, 0.1) is 12.8 Å². The first-order valence-corrected chi connectivity index (χ1v) is 9.76. The quantitative estimate of drug-likeness (QED) is 0.539. The zero-order valence-corrected chi connectivity index (χ0v) is 16.5. The number of nitrogens with zero attached hydrogens (tertiary/aromatic N) is 3. The van der Waals surface area contributed by atoms with E-state index in [0.717, 1.165) is 28.2 Å². The minimum Gasteiger partial charge on any atom is -0.496 e. The predicted octanol–water partition coefficient (Wildman–Crippen LogP) is 4.61. The molecule has 1 aliphatic rings. The number of aromatic amines is 1. The minimum absolute atomic E-state index is 0.564. The lowest BCUT2D eigenvalue weighted by molar-refractivity contribution is 0.413. The van der Waals surface area contributed by atoms with Gasteiger partial charge in [0.15, 0.2) is 17.2 Å². The van der Waals surface area contributed by atoms with Gasteiger partial charge in [0.1, 0.15) is 5.75 Å². The van der Waals surface area contributed by atoms with Crippen LogP contribution in [0.5, 0.6) is 5.75 Å². The molecule has 0 bridgehead atoms. The molecule has 1 N–H and O–H groups in total. The van der Waals surface area contributed by atoms with Crippen LogP contribution < -0.4 is 4.74 Å². The van der Waals surface area contributed by atoms with Crippen molar-refractivity contribution >= 4 is 11.5 Å². The number of H-pyrrole nitrogens is 1. The molecule has 5 nitrogen and oxygen atoms in total. The average molecular weight is 392 g/mol. The topological polar surface area (TPSA) is 62.6 Å². The number of methoxy groups -OCH3 is 1. The maximum atomic E-state index is 5.69. The van der Waals surface area contributed by atoms with E-state index < -0.39 is 5.54 Å². The number of ether oxygens (including phenoxy) is 1. The van der Waals surface area contributed by atoms with E-state index in [2.05, 4.69) is 34.2 Å². The molecule has 2 heterocycles. The summed E-state index contributed by atoms with van der Waals surface area (Å²) in [4.78, 5) is 17.7. The number of hydrogen-bond acceptors (Lipinski definition) is 4. The SMILES string of the molecule is COc1ccccc1C1=NC(c2ncc[nH]2)=NC1(c1ccccc1)c1ccccc1. The Morgan fingerprint density at radius 1 is 0.800 bits per heavy atom. The van der Waals surface area contributed by atoms with Crippen molar-refractivity contribution in [1.29, 1.82) is 0 Å². The van der Waals surface area contributed by atoms with E-state index in [0.29, 0.717) is 11.7 Å². The number of hydrogen-bond donors (Lipinski definition) is 1. The van der Waals surface area contributed by atoms with Crippen molar-refractivity contribution in [2.24, 2.45) is 9.98 Å².